The molecule has 0 radical (unpaired) electrons. The number of halogens is 1. The molecule has 2 N–H and O–H groups in total. The fourth-order valence-electron chi connectivity index (χ4n) is 3.12. The van der Waals surface area contributed by atoms with E-state index in [1.165, 1.54) is 11.8 Å². The lowest BCUT2D eigenvalue weighted by atomic mass is 10.1. The molecule has 0 saturated heterocycles. The summed E-state index contributed by atoms with van der Waals surface area (Å²) in [6, 6.07) is 11.5. The Balaban J connectivity index is 1.56. The van der Waals surface area contributed by atoms with Crippen molar-refractivity contribution in [2.24, 2.45) is 7.05 Å². The first kappa shape index (κ1) is 23.3. The fourth-order valence-corrected chi connectivity index (χ4v) is 4.78. The van der Waals surface area contributed by atoms with E-state index < -0.39 is 0 Å². The van der Waals surface area contributed by atoms with Crippen LogP contribution in [0, 0.1) is 24.3 Å². The smallest absolute Gasteiger partial charge is 0.251 e. The molecule has 3 aromatic rings. The van der Waals surface area contributed by atoms with Gasteiger partial charge >= 0.3 is 0 Å². The van der Waals surface area contributed by atoms with E-state index in [9.17, 15) is 9.59 Å². The summed E-state index contributed by atoms with van der Waals surface area (Å²) in [5.74, 6) is 0.578. The zero-order valence-corrected chi connectivity index (χ0v) is 20.8. The molecule has 0 unspecified atom stereocenters. The normalized spacial score (nSPS) is 10.7. The number of nitrogens with one attached hydrogen (secondary N) is 2. The lowest BCUT2D eigenvalue weighted by molar-refractivity contribution is -0.113. The minimum atomic E-state index is -0.155. The summed E-state index contributed by atoms with van der Waals surface area (Å²) in [4.78, 5) is 24.8. The van der Waals surface area contributed by atoms with Crippen LogP contribution >= 0.6 is 34.4 Å². The molecule has 0 spiro atoms. The number of carbonyl (C=O) groups excluding carboxylic acids is 2. The molecule has 2 aromatic carbocycles. The Hall–Kier alpha value is -2.40. The van der Waals surface area contributed by atoms with Crippen molar-refractivity contribution in [2.45, 2.75) is 32.5 Å². The number of anilines is 1. The number of rotatable bonds is 7. The minimum absolute atomic E-state index is 0.102. The topological polar surface area (TPSA) is 88.9 Å². The van der Waals surface area contributed by atoms with Gasteiger partial charge in [-0.25, -0.2) is 0 Å². The van der Waals surface area contributed by atoms with Gasteiger partial charge in [0.15, 0.2) is 11.0 Å². The van der Waals surface area contributed by atoms with E-state index in [-0.39, 0.29) is 24.1 Å². The molecule has 9 heteroatoms. The van der Waals surface area contributed by atoms with Crippen molar-refractivity contribution >= 4 is 51.9 Å². The van der Waals surface area contributed by atoms with Crippen molar-refractivity contribution in [1.29, 1.82) is 0 Å². The number of nitrogens with zero attached hydrogens (tertiary/aromatic N) is 3. The van der Waals surface area contributed by atoms with E-state index in [4.69, 9.17) is 0 Å². The molecule has 0 saturated carbocycles. The maximum Gasteiger partial charge on any atom is 0.251 e. The first-order valence-electron chi connectivity index (χ1n) is 9.67. The summed E-state index contributed by atoms with van der Waals surface area (Å²) in [6.07, 6.45) is 0. The van der Waals surface area contributed by atoms with Gasteiger partial charge in [-0.1, -0.05) is 30.0 Å². The van der Waals surface area contributed by atoms with Crippen molar-refractivity contribution in [1.82, 2.24) is 20.1 Å². The van der Waals surface area contributed by atoms with Crippen molar-refractivity contribution in [3.63, 3.8) is 0 Å². The summed E-state index contributed by atoms with van der Waals surface area (Å²) in [7, 11) is 1.82. The van der Waals surface area contributed by atoms with Crippen molar-refractivity contribution in [2.75, 3.05) is 11.1 Å². The van der Waals surface area contributed by atoms with E-state index in [0.29, 0.717) is 16.5 Å². The van der Waals surface area contributed by atoms with E-state index in [1.807, 2.05) is 58.2 Å². The van der Waals surface area contributed by atoms with Crippen LogP contribution in [0.2, 0.25) is 0 Å². The quantitative estimate of drug-likeness (QED) is 0.344. The molecule has 7 nitrogen and oxygen atoms in total. The third kappa shape index (κ3) is 5.85. The average Bonchev–Trinajstić information content (AvgIpc) is 3.07. The Morgan fingerprint density at radius 2 is 1.74 bits per heavy atom. The number of benzene rings is 2. The largest absolute Gasteiger partial charge is 0.345 e. The van der Waals surface area contributed by atoms with Gasteiger partial charge in [0.1, 0.15) is 0 Å². The number of thioether (sulfide) groups is 1. The number of carbonyl (C=O) groups is 2. The predicted molar refractivity (Wildman–Crippen MR) is 131 cm³/mol. The molecule has 0 atom stereocenters. The van der Waals surface area contributed by atoms with E-state index in [2.05, 4.69) is 43.4 Å². The minimum Gasteiger partial charge on any atom is -0.345 e. The van der Waals surface area contributed by atoms with E-state index in [1.54, 1.807) is 10.6 Å². The Morgan fingerprint density at radius 3 is 2.42 bits per heavy atom. The number of aromatic nitrogens is 3. The number of aryl methyl sites for hydroxylation is 3. The second-order valence-corrected chi connectivity index (χ2v) is 9.39. The van der Waals surface area contributed by atoms with Crippen LogP contribution in [-0.4, -0.2) is 32.3 Å². The summed E-state index contributed by atoms with van der Waals surface area (Å²) >= 11 is 3.57. The molecule has 0 fully saturated rings. The maximum atomic E-state index is 12.4. The zero-order chi connectivity index (χ0) is 22.5. The lowest BCUT2D eigenvalue weighted by Crippen LogP contribution is -2.25. The van der Waals surface area contributed by atoms with Crippen LogP contribution in [0.15, 0.2) is 41.6 Å². The van der Waals surface area contributed by atoms with Crippen LogP contribution < -0.4 is 10.6 Å². The predicted octanol–water partition coefficient (Wildman–Crippen LogP) is 4.01. The van der Waals surface area contributed by atoms with Crippen LogP contribution in [0.3, 0.4) is 0 Å². The third-order valence-electron chi connectivity index (χ3n) is 4.82. The SMILES string of the molecule is Cc1ccccc1C(=O)NCc1nnc(SCC(=O)Nc2c(C)cc(I)cc2C)n1C. The van der Waals surface area contributed by atoms with Crippen LogP contribution in [-0.2, 0) is 18.4 Å². The number of hydrogen-bond donors (Lipinski definition) is 2. The van der Waals surface area contributed by atoms with Gasteiger partial charge in [0.25, 0.3) is 5.91 Å². The van der Waals surface area contributed by atoms with Gasteiger partial charge in [-0.3, -0.25) is 9.59 Å². The molecular formula is C22H24IN5O2S. The van der Waals surface area contributed by atoms with E-state index >= 15 is 0 Å². The standard InChI is InChI=1S/C22H24IN5O2S/c1-13-7-5-6-8-17(13)21(30)24-11-18-26-27-22(28(18)4)31-12-19(29)25-20-14(2)9-16(23)10-15(20)3/h5-10H,11-12H2,1-4H3,(H,24,30)(H,25,29). The Morgan fingerprint density at radius 1 is 1.06 bits per heavy atom. The fraction of sp³-hybridized carbons (Fsp3) is 0.273. The van der Waals surface area contributed by atoms with Gasteiger partial charge in [-0.05, 0) is 78.3 Å². The number of hydrogen-bond acceptors (Lipinski definition) is 5. The molecule has 0 bridgehead atoms. The number of amides is 2. The molecule has 1 heterocycles. The van der Waals surface area contributed by atoms with Gasteiger partial charge in [0.05, 0.1) is 12.3 Å². The monoisotopic (exact) mass is 549 g/mol. The van der Waals surface area contributed by atoms with Gasteiger partial charge in [-0.15, -0.1) is 10.2 Å². The second-order valence-electron chi connectivity index (χ2n) is 7.21. The first-order valence-corrected chi connectivity index (χ1v) is 11.7. The van der Waals surface area contributed by atoms with Gasteiger partial charge in [-0.2, -0.15) is 0 Å². The third-order valence-corrected chi connectivity index (χ3v) is 6.46. The molecule has 3 rings (SSSR count). The molecule has 31 heavy (non-hydrogen) atoms. The lowest BCUT2D eigenvalue weighted by Gasteiger charge is -2.12. The van der Waals surface area contributed by atoms with Crippen LogP contribution in [0.25, 0.3) is 0 Å². The summed E-state index contributed by atoms with van der Waals surface area (Å²) < 4.78 is 2.93. The summed E-state index contributed by atoms with van der Waals surface area (Å²) in [6.45, 7) is 6.12. The summed E-state index contributed by atoms with van der Waals surface area (Å²) in [5.41, 5.74) is 4.47. The molecule has 0 aliphatic rings. The molecule has 1 aromatic heterocycles. The molecule has 2 amide bonds. The van der Waals surface area contributed by atoms with Gasteiger partial charge < -0.3 is 15.2 Å². The summed E-state index contributed by atoms with van der Waals surface area (Å²) in [5, 5.41) is 14.8. The molecule has 162 valence electrons. The van der Waals surface area contributed by atoms with Crippen molar-refractivity contribution < 1.29 is 9.59 Å². The zero-order valence-electron chi connectivity index (χ0n) is 17.8. The highest BCUT2D eigenvalue weighted by atomic mass is 127. The highest BCUT2D eigenvalue weighted by Gasteiger charge is 2.15. The Kier molecular flexibility index (Phi) is 7.71. The van der Waals surface area contributed by atoms with Crippen LogP contribution in [0.4, 0.5) is 5.69 Å². The second kappa shape index (κ2) is 10.3. The molecule has 0 aliphatic heterocycles. The molecule has 0 aliphatic carbocycles. The van der Waals surface area contributed by atoms with Crippen LogP contribution in [0.1, 0.15) is 32.9 Å². The molecular weight excluding hydrogens is 525 g/mol. The van der Waals surface area contributed by atoms with Gasteiger partial charge in [0.2, 0.25) is 5.91 Å². The Labute approximate surface area is 199 Å². The maximum absolute atomic E-state index is 12.4. The highest BCUT2D eigenvalue weighted by Crippen LogP contribution is 2.24. The Bertz CT molecular complexity index is 1110. The van der Waals surface area contributed by atoms with Gasteiger partial charge in [0, 0.05) is 21.9 Å². The first-order chi connectivity index (χ1) is 14.8. The van der Waals surface area contributed by atoms with Crippen molar-refractivity contribution in [3.8, 4) is 0 Å². The van der Waals surface area contributed by atoms with E-state index in [0.717, 1.165) is 25.9 Å². The highest BCUT2D eigenvalue weighted by molar-refractivity contribution is 14.1. The average molecular weight is 549 g/mol. The van der Waals surface area contributed by atoms with Crippen LogP contribution in [0.5, 0.6) is 0 Å². The van der Waals surface area contributed by atoms with Crippen molar-refractivity contribution in [3.05, 3.63) is 68.0 Å².